The number of benzene rings is 2. The molecule has 2 aromatic carbocycles. The van der Waals surface area contributed by atoms with Crippen molar-refractivity contribution < 1.29 is 12.8 Å². The molecule has 1 aromatic heterocycles. The third-order valence-corrected chi connectivity index (χ3v) is 3.84. The van der Waals surface area contributed by atoms with E-state index in [-0.39, 0.29) is 5.09 Å². The monoisotopic (exact) mass is 326 g/mol. The Kier molecular flexibility index (Phi) is 4.75. The summed E-state index contributed by atoms with van der Waals surface area (Å²) < 4.78 is 26.8. The highest BCUT2D eigenvalue weighted by atomic mass is 35.7. The maximum Gasteiger partial charge on any atom is 0.294 e. The number of fused-ring (bicyclic) bond motifs is 1. The van der Waals surface area contributed by atoms with Crippen LogP contribution in [-0.4, -0.2) is 8.42 Å². The van der Waals surface area contributed by atoms with Gasteiger partial charge in [-0.1, -0.05) is 36.4 Å². The maximum atomic E-state index is 10.9. The van der Waals surface area contributed by atoms with Crippen LogP contribution in [-0.2, 0) is 9.05 Å². The lowest BCUT2D eigenvalue weighted by atomic mass is 10.3. The molecule has 0 bridgehead atoms. The fraction of sp³-hybridized carbons (Fsp3) is 0. The summed E-state index contributed by atoms with van der Waals surface area (Å²) >= 11 is 4.08. The van der Waals surface area contributed by atoms with Gasteiger partial charge in [0.25, 0.3) is 9.05 Å². The summed E-state index contributed by atoms with van der Waals surface area (Å²) in [6.07, 6.45) is 0. The second-order valence-electron chi connectivity index (χ2n) is 3.88. The Morgan fingerprint density at radius 1 is 0.950 bits per heavy atom. The van der Waals surface area contributed by atoms with Gasteiger partial charge in [-0.3, -0.25) is 0 Å². The molecule has 3 rings (SSSR count). The van der Waals surface area contributed by atoms with E-state index >= 15 is 0 Å². The highest BCUT2D eigenvalue weighted by Gasteiger charge is 2.15. The van der Waals surface area contributed by atoms with Gasteiger partial charge in [-0.2, -0.15) is 0 Å². The predicted molar refractivity (Wildman–Crippen MR) is 82.9 cm³/mol. The lowest BCUT2D eigenvalue weighted by molar-refractivity contribution is 0.488. The van der Waals surface area contributed by atoms with Gasteiger partial charge >= 0.3 is 0 Å². The number of hydrogen-bond acceptors (Lipinski definition) is 4. The van der Waals surface area contributed by atoms with E-state index in [0.717, 1.165) is 10.3 Å². The van der Waals surface area contributed by atoms with Crippen LogP contribution >= 0.6 is 23.3 Å². The van der Waals surface area contributed by atoms with Crippen molar-refractivity contribution in [1.29, 1.82) is 0 Å². The molecule has 0 fully saturated rings. The SMILES string of the molecule is O=S(=O)(Cl)c1cc2ccccc2o1.Sc1ccccc1. The fourth-order valence-corrected chi connectivity index (χ4v) is 2.36. The minimum atomic E-state index is -3.76. The van der Waals surface area contributed by atoms with Crippen LogP contribution in [0.15, 0.2) is 75.1 Å². The molecule has 0 saturated carbocycles. The molecular weight excluding hydrogens is 316 g/mol. The quantitative estimate of drug-likeness (QED) is 0.534. The van der Waals surface area contributed by atoms with E-state index < -0.39 is 9.05 Å². The van der Waals surface area contributed by atoms with E-state index in [1.54, 1.807) is 24.3 Å². The Labute approximate surface area is 127 Å². The maximum absolute atomic E-state index is 10.9. The van der Waals surface area contributed by atoms with Gasteiger partial charge in [0, 0.05) is 27.0 Å². The van der Waals surface area contributed by atoms with Gasteiger partial charge in [-0.15, -0.1) is 12.6 Å². The van der Waals surface area contributed by atoms with E-state index in [1.165, 1.54) is 6.07 Å². The van der Waals surface area contributed by atoms with E-state index in [4.69, 9.17) is 15.1 Å². The predicted octanol–water partition coefficient (Wildman–Crippen LogP) is 4.34. The largest absolute Gasteiger partial charge is 0.443 e. The normalized spacial score (nSPS) is 10.9. The first-order chi connectivity index (χ1) is 9.47. The first-order valence-corrected chi connectivity index (χ1v) is 8.40. The minimum Gasteiger partial charge on any atom is -0.443 e. The topological polar surface area (TPSA) is 47.3 Å². The van der Waals surface area contributed by atoms with Crippen LogP contribution in [0.4, 0.5) is 0 Å². The molecule has 0 aliphatic rings. The van der Waals surface area contributed by atoms with Crippen molar-refractivity contribution in [2.24, 2.45) is 0 Å². The molecule has 1 heterocycles. The summed E-state index contributed by atoms with van der Waals surface area (Å²) in [7, 11) is 1.35. The summed E-state index contributed by atoms with van der Waals surface area (Å²) in [6.45, 7) is 0. The molecule has 0 radical (unpaired) electrons. The van der Waals surface area contributed by atoms with Crippen molar-refractivity contribution in [2.75, 3.05) is 0 Å². The third kappa shape index (κ3) is 4.03. The Morgan fingerprint density at radius 3 is 2.05 bits per heavy atom. The van der Waals surface area contributed by atoms with Crippen LogP contribution in [0.5, 0.6) is 0 Å². The molecular formula is C14H11ClO3S2. The average molecular weight is 327 g/mol. The van der Waals surface area contributed by atoms with E-state index in [1.807, 2.05) is 30.3 Å². The van der Waals surface area contributed by atoms with Crippen molar-refractivity contribution in [3.63, 3.8) is 0 Å². The van der Waals surface area contributed by atoms with Crippen LogP contribution in [0, 0.1) is 0 Å². The average Bonchev–Trinajstić information content (AvgIpc) is 2.84. The Balaban J connectivity index is 0.000000178. The van der Waals surface area contributed by atoms with Gasteiger partial charge in [0.05, 0.1) is 0 Å². The molecule has 0 N–H and O–H groups in total. The fourth-order valence-electron chi connectivity index (χ4n) is 1.51. The van der Waals surface area contributed by atoms with Crippen LogP contribution in [0.25, 0.3) is 11.0 Å². The van der Waals surface area contributed by atoms with Gasteiger partial charge in [-0.25, -0.2) is 8.42 Å². The minimum absolute atomic E-state index is 0.213. The highest BCUT2D eigenvalue weighted by molar-refractivity contribution is 8.13. The molecule has 0 saturated heterocycles. The van der Waals surface area contributed by atoms with E-state index in [9.17, 15) is 8.42 Å². The lowest BCUT2D eigenvalue weighted by Crippen LogP contribution is -1.84. The molecule has 20 heavy (non-hydrogen) atoms. The number of hydrogen-bond donors (Lipinski definition) is 1. The van der Waals surface area contributed by atoms with Crippen molar-refractivity contribution in [1.82, 2.24) is 0 Å². The number of halogens is 1. The van der Waals surface area contributed by atoms with Gasteiger partial charge in [0.15, 0.2) is 0 Å². The van der Waals surface area contributed by atoms with Crippen LogP contribution < -0.4 is 0 Å². The van der Waals surface area contributed by atoms with E-state index in [2.05, 4.69) is 12.6 Å². The molecule has 0 amide bonds. The van der Waals surface area contributed by atoms with Crippen molar-refractivity contribution in [3.05, 3.63) is 60.7 Å². The zero-order valence-electron chi connectivity index (χ0n) is 10.2. The van der Waals surface area contributed by atoms with Gasteiger partial charge in [0.2, 0.25) is 5.09 Å². The second-order valence-corrected chi connectivity index (χ2v) is 6.89. The highest BCUT2D eigenvalue weighted by Crippen LogP contribution is 2.24. The summed E-state index contributed by atoms with van der Waals surface area (Å²) in [5.41, 5.74) is 0.515. The van der Waals surface area contributed by atoms with Crippen LogP contribution in [0.1, 0.15) is 0 Å². The first kappa shape index (κ1) is 15.0. The molecule has 0 spiro atoms. The lowest BCUT2D eigenvalue weighted by Gasteiger charge is -1.85. The molecule has 3 aromatic rings. The molecule has 3 nitrogen and oxygen atoms in total. The first-order valence-electron chi connectivity index (χ1n) is 5.64. The van der Waals surface area contributed by atoms with Crippen molar-refractivity contribution >= 4 is 43.3 Å². The van der Waals surface area contributed by atoms with Crippen molar-refractivity contribution in [2.45, 2.75) is 9.99 Å². The number of thiol groups is 1. The Bertz CT molecular complexity index is 762. The number of para-hydroxylation sites is 1. The van der Waals surface area contributed by atoms with Crippen LogP contribution in [0.3, 0.4) is 0 Å². The summed E-state index contributed by atoms with van der Waals surface area (Å²) in [4.78, 5) is 1.02. The van der Waals surface area contributed by atoms with Crippen LogP contribution in [0.2, 0.25) is 0 Å². The molecule has 0 atom stereocenters. The Morgan fingerprint density at radius 2 is 1.55 bits per heavy atom. The standard InChI is InChI=1S/C8H5ClO3S.C6H6S/c9-13(10,11)8-5-6-3-1-2-4-7(6)12-8;7-6-4-2-1-3-5-6/h1-5H;1-5,7H. The van der Waals surface area contributed by atoms with Gasteiger partial charge in [-0.05, 0) is 18.2 Å². The third-order valence-electron chi connectivity index (χ3n) is 2.40. The molecule has 0 aliphatic carbocycles. The number of furan rings is 1. The molecule has 104 valence electrons. The summed E-state index contributed by atoms with van der Waals surface area (Å²) in [5.74, 6) is 0. The smallest absolute Gasteiger partial charge is 0.294 e. The van der Waals surface area contributed by atoms with Gasteiger partial charge in [0.1, 0.15) is 5.58 Å². The summed E-state index contributed by atoms with van der Waals surface area (Å²) in [6, 6.07) is 18.2. The second kappa shape index (κ2) is 6.35. The summed E-state index contributed by atoms with van der Waals surface area (Å²) in [5, 5.41) is 0.511. The molecule has 0 aliphatic heterocycles. The number of rotatable bonds is 1. The Hall–Kier alpha value is -1.43. The zero-order valence-corrected chi connectivity index (χ0v) is 12.7. The van der Waals surface area contributed by atoms with E-state index in [0.29, 0.717) is 5.58 Å². The molecule has 0 unspecified atom stereocenters. The van der Waals surface area contributed by atoms with Crippen molar-refractivity contribution in [3.8, 4) is 0 Å². The zero-order chi connectivity index (χ0) is 14.6. The molecule has 6 heteroatoms. The van der Waals surface area contributed by atoms with Gasteiger partial charge < -0.3 is 4.42 Å².